The number of fused-ring (bicyclic) bond motifs is 1. The number of aromatic nitrogens is 3. The van der Waals surface area contributed by atoms with Gasteiger partial charge in [-0.3, -0.25) is 9.48 Å². The van der Waals surface area contributed by atoms with Gasteiger partial charge in [0.2, 0.25) is 0 Å². The second-order valence-electron chi connectivity index (χ2n) is 5.49. The molecule has 0 radical (unpaired) electrons. The predicted octanol–water partition coefficient (Wildman–Crippen LogP) is 3.03. The van der Waals surface area contributed by atoms with Gasteiger partial charge in [0.05, 0.1) is 12.8 Å². The third-order valence-corrected chi connectivity index (χ3v) is 4.02. The maximum atomic E-state index is 12.5. The summed E-state index contributed by atoms with van der Waals surface area (Å²) >= 11 is 0. The van der Waals surface area contributed by atoms with Gasteiger partial charge in [0, 0.05) is 23.5 Å². The minimum atomic E-state index is -0.186. The number of carbonyl (C=O) groups excluding carboxylic acids is 1. The van der Waals surface area contributed by atoms with E-state index in [2.05, 4.69) is 15.4 Å². The first-order valence-electron chi connectivity index (χ1n) is 7.54. The van der Waals surface area contributed by atoms with Crippen molar-refractivity contribution in [3.8, 4) is 5.75 Å². The van der Waals surface area contributed by atoms with Crippen LogP contribution in [0.5, 0.6) is 5.75 Å². The number of ether oxygens (including phenoxy) is 1. The highest BCUT2D eigenvalue weighted by atomic mass is 16.5. The molecule has 3 aromatic rings. The molecule has 6 heteroatoms. The number of aryl methyl sites for hydroxylation is 2. The van der Waals surface area contributed by atoms with E-state index in [4.69, 9.17) is 4.74 Å². The van der Waals surface area contributed by atoms with Crippen molar-refractivity contribution in [2.24, 2.45) is 7.05 Å². The fraction of sp³-hybridized carbons (Fsp3) is 0.294. The molecule has 0 aliphatic carbocycles. The average Bonchev–Trinajstić information content (AvgIpc) is 3.09. The Labute approximate surface area is 134 Å². The van der Waals surface area contributed by atoms with Gasteiger partial charge in [-0.25, -0.2) is 0 Å². The molecule has 0 fully saturated rings. The molecular formula is C17H20N4O2. The van der Waals surface area contributed by atoms with E-state index in [1.54, 1.807) is 11.8 Å². The van der Waals surface area contributed by atoms with Crippen LogP contribution in [-0.4, -0.2) is 27.8 Å². The molecular weight excluding hydrogens is 292 g/mol. The Bertz CT molecular complexity index is 876. The highest BCUT2D eigenvalue weighted by molar-refractivity contribution is 6.06. The molecule has 0 spiro atoms. The van der Waals surface area contributed by atoms with E-state index >= 15 is 0 Å². The Morgan fingerprint density at radius 2 is 2.17 bits per heavy atom. The number of carbonyl (C=O) groups is 1. The van der Waals surface area contributed by atoms with Gasteiger partial charge in [-0.2, -0.15) is 5.10 Å². The molecule has 3 rings (SSSR count). The summed E-state index contributed by atoms with van der Waals surface area (Å²) in [6.07, 6.45) is 0.835. The van der Waals surface area contributed by atoms with Crippen molar-refractivity contribution < 1.29 is 9.53 Å². The second kappa shape index (κ2) is 5.79. The summed E-state index contributed by atoms with van der Waals surface area (Å²) in [5.41, 5.74) is 3.39. The topological polar surface area (TPSA) is 71.9 Å². The van der Waals surface area contributed by atoms with Gasteiger partial charge < -0.3 is 15.0 Å². The van der Waals surface area contributed by atoms with Gasteiger partial charge in [0.15, 0.2) is 0 Å². The SMILES string of the molecule is CCc1nn(C)c(NC(=O)c2cc3cc(OC)ccc3[nH]2)c1C. The van der Waals surface area contributed by atoms with Crippen molar-refractivity contribution in [2.75, 3.05) is 12.4 Å². The number of H-pyrrole nitrogens is 1. The summed E-state index contributed by atoms with van der Waals surface area (Å²) in [5.74, 6) is 1.30. The van der Waals surface area contributed by atoms with Crippen molar-refractivity contribution in [3.05, 3.63) is 41.2 Å². The van der Waals surface area contributed by atoms with Gasteiger partial charge in [-0.05, 0) is 37.6 Å². The molecule has 120 valence electrons. The summed E-state index contributed by atoms with van der Waals surface area (Å²) in [6.45, 7) is 4.02. The van der Waals surface area contributed by atoms with Crippen LogP contribution in [-0.2, 0) is 13.5 Å². The fourth-order valence-corrected chi connectivity index (χ4v) is 2.73. The number of hydrogen-bond donors (Lipinski definition) is 2. The Kier molecular flexibility index (Phi) is 3.82. The molecule has 2 N–H and O–H groups in total. The minimum absolute atomic E-state index is 0.186. The lowest BCUT2D eigenvalue weighted by Crippen LogP contribution is -2.15. The number of anilines is 1. The van der Waals surface area contributed by atoms with Crippen LogP contribution in [0.3, 0.4) is 0 Å². The van der Waals surface area contributed by atoms with Crippen LogP contribution in [0.25, 0.3) is 10.9 Å². The molecule has 0 saturated heterocycles. The Balaban J connectivity index is 1.90. The van der Waals surface area contributed by atoms with E-state index in [-0.39, 0.29) is 5.91 Å². The summed E-state index contributed by atoms with van der Waals surface area (Å²) in [5, 5.41) is 8.29. The Morgan fingerprint density at radius 3 is 2.83 bits per heavy atom. The third-order valence-electron chi connectivity index (χ3n) is 4.02. The Morgan fingerprint density at radius 1 is 1.39 bits per heavy atom. The lowest BCUT2D eigenvalue weighted by molar-refractivity contribution is 0.102. The second-order valence-corrected chi connectivity index (χ2v) is 5.49. The van der Waals surface area contributed by atoms with Crippen molar-refractivity contribution in [3.63, 3.8) is 0 Å². The van der Waals surface area contributed by atoms with E-state index in [0.29, 0.717) is 5.69 Å². The maximum Gasteiger partial charge on any atom is 0.273 e. The van der Waals surface area contributed by atoms with Crippen LogP contribution in [0.1, 0.15) is 28.7 Å². The molecule has 0 aliphatic heterocycles. The quantitative estimate of drug-likeness (QED) is 0.778. The Hall–Kier alpha value is -2.76. The smallest absolute Gasteiger partial charge is 0.273 e. The highest BCUT2D eigenvalue weighted by Crippen LogP contribution is 2.23. The van der Waals surface area contributed by atoms with Crippen molar-refractivity contribution in [2.45, 2.75) is 20.3 Å². The number of aromatic amines is 1. The number of benzene rings is 1. The minimum Gasteiger partial charge on any atom is -0.497 e. The summed E-state index contributed by atoms with van der Waals surface area (Å²) in [6, 6.07) is 7.47. The largest absolute Gasteiger partial charge is 0.497 e. The summed E-state index contributed by atoms with van der Waals surface area (Å²) in [7, 11) is 3.45. The van der Waals surface area contributed by atoms with Gasteiger partial charge in [-0.1, -0.05) is 6.92 Å². The highest BCUT2D eigenvalue weighted by Gasteiger charge is 2.16. The van der Waals surface area contributed by atoms with Crippen molar-refractivity contribution in [1.29, 1.82) is 0 Å². The first-order valence-corrected chi connectivity index (χ1v) is 7.54. The fourth-order valence-electron chi connectivity index (χ4n) is 2.73. The number of hydrogen-bond acceptors (Lipinski definition) is 3. The number of amides is 1. The summed E-state index contributed by atoms with van der Waals surface area (Å²) < 4.78 is 6.91. The molecule has 1 amide bonds. The molecule has 2 aromatic heterocycles. The zero-order valence-electron chi connectivity index (χ0n) is 13.7. The van der Waals surface area contributed by atoms with Gasteiger partial charge in [-0.15, -0.1) is 0 Å². The van der Waals surface area contributed by atoms with Gasteiger partial charge in [0.1, 0.15) is 17.3 Å². The normalized spacial score (nSPS) is 11.0. The molecule has 0 saturated carbocycles. The van der Waals surface area contributed by atoms with E-state index in [9.17, 15) is 4.79 Å². The molecule has 0 unspecified atom stereocenters. The molecule has 2 heterocycles. The molecule has 0 bridgehead atoms. The zero-order valence-corrected chi connectivity index (χ0v) is 13.7. The first kappa shape index (κ1) is 15.1. The monoisotopic (exact) mass is 312 g/mol. The number of methoxy groups -OCH3 is 1. The van der Waals surface area contributed by atoms with Crippen LogP contribution in [0, 0.1) is 6.92 Å². The predicted molar refractivity (Wildman–Crippen MR) is 90.1 cm³/mol. The number of nitrogens with one attached hydrogen (secondary N) is 2. The lowest BCUT2D eigenvalue weighted by Gasteiger charge is -2.05. The standard InChI is InChI=1S/C17H20N4O2/c1-5-13-10(2)16(21(3)20-13)19-17(22)15-9-11-8-12(23-4)6-7-14(11)18-15/h6-9,18H,5H2,1-4H3,(H,19,22). The number of rotatable bonds is 4. The molecule has 6 nitrogen and oxygen atoms in total. The third kappa shape index (κ3) is 2.67. The van der Waals surface area contributed by atoms with E-state index in [1.165, 1.54) is 0 Å². The van der Waals surface area contributed by atoms with Crippen molar-refractivity contribution >= 4 is 22.6 Å². The van der Waals surface area contributed by atoms with E-state index < -0.39 is 0 Å². The van der Waals surface area contributed by atoms with Crippen LogP contribution in [0.4, 0.5) is 5.82 Å². The molecule has 23 heavy (non-hydrogen) atoms. The van der Waals surface area contributed by atoms with Crippen LogP contribution < -0.4 is 10.1 Å². The maximum absolute atomic E-state index is 12.5. The van der Waals surface area contributed by atoms with Crippen LogP contribution >= 0.6 is 0 Å². The van der Waals surface area contributed by atoms with Crippen LogP contribution in [0.15, 0.2) is 24.3 Å². The van der Waals surface area contributed by atoms with Crippen LogP contribution in [0.2, 0.25) is 0 Å². The molecule has 0 atom stereocenters. The van der Waals surface area contributed by atoms with E-state index in [1.807, 2.05) is 45.2 Å². The van der Waals surface area contributed by atoms with E-state index in [0.717, 1.165) is 40.1 Å². The molecule has 0 aliphatic rings. The lowest BCUT2D eigenvalue weighted by atomic mass is 10.2. The first-order chi connectivity index (χ1) is 11.0. The number of nitrogens with zero attached hydrogens (tertiary/aromatic N) is 2. The van der Waals surface area contributed by atoms with Gasteiger partial charge >= 0.3 is 0 Å². The summed E-state index contributed by atoms with van der Waals surface area (Å²) in [4.78, 5) is 15.7. The van der Waals surface area contributed by atoms with Gasteiger partial charge in [0.25, 0.3) is 5.91 Å². The van der Waals surface area contributed by atoms with Crippen molar-refractivity contribution in [1.82, 2.24) is 14.8 Å². The average molecular weight is 312 g/mol. The zero-order chi connectivity index (χ0) is 16.6. The molecule has 1 aromatic carbocycles.